The molecule has 4 nitrogen and oxygen atoms in total. The Morgan fingerprint density at radius 1 is 1.35 bits per heavy atom. The Hall–Kier alpha value is -1.88. The summed E-state index contributed by atoms with van der Waals surface area (Å²) < 4.78 is 13.8. The fraction of sp³-hybridized carbons (Fsp3) is 0.286. The maximum atomic E-state index is 13.8. The molecule has 0 radical (unpaired) electrons. The van der Waals surface area contributed by atoms with Crippen LogP contribution in [0.1, 0.15) is 0 Å². The average molecular weight is 293 g/mol. The lowest BCUT2D eigenvalue weighted by Crippen LogP contribution is -2.59. The van der Waals surface area contributed by atoms with Gasteiger partial charge in [0.2, 0.25) is 0 Å². The van der Waals surface area contributed by atoms with Crippen molar-refractivity contribution in [2.24, 2.45) is 0 Å². The number of aromatic nitrogens is 2. The summed E-state index contributed by atoms with van der Waals surface area (Å²) in [6.07, 6.45) is 3.23. The van der Waals surface area contributed by atoms with E-state index in [1.165, 1.54) is 12.3 Å². The highest BCUT2D eigenvalue weighted by molar-refractivity contribution is 6.30. The first-order valence-corrected chi connectivity index (χ1v) is 6.73. The van der Waals surface area contributed by atoms with Gasteiger partial charge in [0.05, 0.1) is 11.1 Å². The summed E-state index contributed by atoms with van der Waals surface area (Å²) in [5.74, 6) is 0.887. The second kappa shape index (κ2) is 5.25. The smallest absolute Gasteiger partial charge is 0.167 e. The van der Waals surface area contributed by atoms with Crippen molar-refractivity contribution in [3.8, 4) is 0 Å². The fourth-order valence-electron chi connectivity index (χ4n) is 2.27. The van der Waals surface area contributed by atoms with Gasteiger partial charge >= 0.3 is 0 Å². The Balaban J connectivity index is 1.67. The highest BCUT2D eigenvalue weighted by Gasteiger charge is 2.32. The van der Waals surface area contributed by atoms with Crippen LogP contribution in [-0.2, 0) is 0 Å². The highest BCUT2D eigenvalue weighted by Crippen LogP contribution is 2.26. The van der Waals surface area contributed by atoms with Gasteiger partial charge in [-0.1, -0.05) is 17.7 Å². The maximum absolute atomic E-state index is 13.8. The van der Waals surface area contributed by atoms with Crippen molar-refractivity contribution in [3.63, 3.8) is 0 Å². The molecule has 0 aromatic carbocycles. The number of rotatable bonds is 3. The zero-order chi connectivity index (χ0) is 14.1. The molecular formula is C14H14ClFN4. The molecule has 0 N–H and O–H groups in total. The Bertz CT molecular complexity index is 601. The van der Waals surface area contributed by atoms with E-state index in [9.17, 15) is 4.39 Å². The first-order chi connectivity index (χ1) is 9.65. The van der Waals surface area contributed by atoms with E-state index in [-0.39, 0.29) is 6.04 Å². The molecule has 6 heteroatoms. The Morgan fingerprint density at radius 3 is 2.80 bits per heavy atom. The van der Waals surface area contributed by atoms with Gasteiger partial charge in [-0.05, 0) is 18.2 Å². The number of nitrogens with zero attached hydrogens (tertiary/aromatic N) is 4. The van der Waals surface area contributed by atoms with E-state index in [0.29, 0.717) is 10.8 Å². The topological polar surface area (TPSA) is 32.3 Å². The largest absolute Gasteiger partial charge is 0.352 e. The molecular weight excluding hydrogens is 279 g/mol. The molecule has 20 heavy (non-hydrogen) atoms. The molecule has 1 aliphatic rings. The van der Waals surface area contributed by atoms with Crippen molar-refractivity contribution in [3.05, 3.63) is 47.5 Å². The van der Waals surface area contributed by atoms with Crippen LogP contribution >= 0.6 is 11.6 Å². The van der Waals surface area contributed by atoms with Gasteiger partial charge in [0.15, 0.2) is 11.6 Å². The lowest BCUT2D eigenvalue weighted by molar-refractivity contribution is 0.481. The predicted octanol–water partition coefficient (Wildman–Crippen LogP) is 2.59. The normalized spacial score (nSPS) is 15.1. The third kappa shape index (κ3) is 2.41. The second-order valence-corrected chi connectivity index (χ2v) is 5.25. The van der Waals surface area contributed by atoms with Gasteiger partial charge in [0, 0.05) is 32.5 Å². The summed E-state index contributed by atoms with van der Waals surface area (Å²) in [6.45, 7) is 1.61. The third-order valence-electron chi connectivity index (χ3n) is 3.51. The van der Waals surface area contributed by atoms with Crippen LogP contribution in [0.4, 0.5) is 16.0 Å². The van der Waals surface area contributed by atoms with Crippen LogP contribution in [0.15, 0.2) is 36.7 Å². The van der Waals surface area contributed by atoms with E-state index in [1.54, 1.807) is 6.20 Å². The molecule has 0 bridgehead atoms. The minimum absolute atomic E-state index is 0.222. The van der Waals surface area contributed by atoms with Gasteiger partial charge in [-0.25, -0.2) is 14.4 Å². The summed E-state index contributed by atoms with van der Waals surface area (Å²) in [6, 6.07) is 7.33. The van der Waals surface area contributed by atoms with Crippen LogP contribution in [0.5, 0.6) is 0 Å². The summed E-state index contributed by atoms with van der Waals surface area (Å²) in [7, 11) is 1.85. The van der Waals surface area contributed by atoms with Crippen molar-refractivity contribution in [2.75, 3.05) is 29.9 Å². The van der Waals surface area contributed by atoms with Crippen molar-refractivity contribution in [1.82, 2.24) is 9.97 Å². The molecule has 2 aromatic heterocycles. The standard InChI is InChI=1S/C14H14ClFN4/c1-19(14-12(16)6-10(15)7-18-14)11-8-20(9-11)13-4-2-3-5-17-13/h2-7,11H,8-9H2,1H3. The highest BCUT2D eigenvalue weighted by atomic mass is 35.5. The molecule has 0 spiro atoms. The predicted molar refractivity (Wildman–Crippen MR) is 77.8 cm³/mol. The molecule has 0 unspecified atom stereocenters. The quantitative estimate of drug-likeness (QED) is 0.870. The van der Waals surface area contributed by atoms with E-state index in [1.807, 2.05) is 30.1 Å². The van der Waals surface area contributed by atoms with E-state index in [4.69, 9.17) is 11.6 Å². The molecule has 0 aliphatic carbocycles. The molecule has 3 heterocycles. The fourth-order valence-corrected chi connectivity index (χ4v) is 2.41. The number of pyridine rings is 2. The van der Waals surface area contributed by atoms with Gasteiger partial charge in [-0.15, -0.1) is 0 Å². The Morgan fingerprint density at radius 2 is 2.15 bits per heavy atom. The molecule has 0 amide bonds. The van der Waals surface area contributed by atoms with E-state index in [0.717, 1.165) is 18.9 Å². The minimum atomic E-state index is -0.392. The van der Waals surface area contributed by atoms with Crippen LogP contribution < -0.4 is 9.80 Å². The Labute approximate surface area is 121 Å². The molecule has 1 saturated heterocycles. The van der Waals surface area contributed by atoms with Gasteiger partial charge in [-0.3, -0.25) is 0 Å². The van der Waals surface area contributed by atoms with E-state index >= 15 is 0 Å². The number of likely N-dealkylation sites (N-methyl/N-ethyl adjacent to an activating group) is 1. The average Bonchev–Trinajstić information content (AvgIpc) is 2.38. The van der Waals surface area contributed by atoms with Crippen LogP contribution in [0.25, 0.3) is 0 Å². The Kier molecular flexibility index (Phi) is 3.44. The summed E-state index contributed by atoms with van der Waals surface area (Å²) in [4.78, 5) is 12.4. The zero-order valence-electron chi connectivity index (χ0n) is 11.0. The lowest BCUT2D eigenvalue weighted by Gasteiger charge is -2.45. The summed E-state index contributed by atoms with van der Waals surface area (Å²) in [5.41, 5.74) is 0. The molecule has 1 fully saturated rings. The van der Waals surface area contributed by atoms with E-state index < -0.39 is 5.82 Å². The van der Waals surface area contributed by atoms with Crippen LogP contribution in [0.3, 0.4) is 0 Å². The molecule has 104 valence electrons. The monoisotopic (exact) mass is 292 g/mol. The second-order valence-electron chi connectivity index (χ2n) is 4.82. The van der Waals surface area contributed by atoms with Crippen LogP contribution in [-0.4, -0.2) is 36.1 Å². The first-order valence-electron chi connectivity index (χ1n) is 6.35. The van der Waals surface area contributed by atoms with E-state index in [2.05, 4.69) is 14.9 Å². The van der Waals surface area contributed by atoms with Gasteiger partial charge < -0.3 is 9.80 Å². The van der Waals surface area contributed by atoms with Crippen LogP contribution in [0, 0.1) is 5.82 Å². The van der Waals surface area contributed by atoms with Crippen molar-refractivity contribution < 1.29 is 4.39 Å². The van der Waals surface area contributed by atoms with Crippen molar-refractivity contribution in [2.45, 2.75) is 6.04 Å². The number of halogens is 2. The molecule has 3 rings (SSSR count). The van der Waals surface area contributed by atoms with Gasteiger partial charge in [0.1, 0.15) is 5.82 Å². The number of anilines is 2. The zero-order valence-corrected chi connectivity index (χ0v) is 11.8. The number of hydrogen-bond acceptors (Lipinski definition) is 4. The van der Waals surface area contributed by atoms with Crippen LogP contribution in [0.2, 0.25) is 5.02 Å². The van der Waals surface area contributed by atoms with Gasteiger partial charge in [-0.2, -0.15) is 0 Å². The summed E-state index contributed by atoms with van der Waals surface area (Å²) in [5, 5.41) is 0.309. The summed E-state index contributed by atoms with van der Waals surface area (Å²) >= 11 is 5.71. The first kappa shape index (κ1) is 13.1. The van der Waals surface area contributed by atoms with Crippen molar-refractivity contribution >= 4 is 23.2 Å². The molecule has 0 saturated carbocycles. The minimum Gasteiger partial charge on any atom is -0.352 e. The lowest BCUT2D eigenvalue weighted by atomic mass is 10.1. The SMILES string of the molecule is CN(c1ncc(Cl)cc1F)C1CN(c2ccccn2)C1. The maximum Gasteiger partial charge on any atom is 0.167 e. The number of hydrogen-bond donors (Lipinski definition) is 0. The third-order valence-corrected chi connectivity index (χ3v) is 3.71. The van der Waals surface area contributed by atoms with Crippen molar-refractivity contribution in [1.29, 1.82) is 0 Å². The molecule has 0 atom stereocenters. The molecule has 1 aliphatic heterocycles. The van der Waals surface area contributed by atoms with Gasteiger partial charge in [0.25, 0.3) is 0 Å². The molecule has 2 aromatic rings.